The van der Waals surface area contributed by atoms with E-state index < -0.39 is 6.04 Å². The number of benzene rings is 3. The third-order valence-electron chi connectivity index (χ3n) is 5.62. The van der Waals surface area contributed by atoms with Crippen LogP contribution in [0.3, 0.4) is 0 Å². The third-order valence-corrected chi connectivity index (χ3v) is 6.04. The van der Waals surface area contributed by atoms with Crippen molar-refractivity contribution in [2.24, 2.45) is 0 Å². The van der Waals surface area contributed by atoms with Gasteiger partial charge in [0.1, 0.15) is 17.5 Å². The van der Waals surface area contributed by atoms with E-state index in [-0.39, 0.29) is 18.2 Å². The topological polar surface area (TPSA) is 71.1 Å². The number of amides is 2. The molecule has 1 fully saturated rings. The Labute approximate surface area is 203 Å². The Morgan fingerprint density at radius 2 is 1.62 bits per heavy atom. The predicted molar refractivity (Wildman–Crippen MR) is 135 cm³/mol. The maximum absolute atomic E-state index is 13.5. The third kappa shape index (κ3) is 4.87. The average molecular weight is 476 g/mol. The van der Waals surface area contributed by atoms with Crippen LogP contribution in [0.25, 0.3) is 0 Å². The van der Waals surface area contributed by atoms with E-state index in [4.69, 9.17) is 21.7 Å². The van der Waals surface area contributed by atoms with Gasteiger partial charge in [0, 0.05) is 17.8 Å². The van der Waals surface area contributed by atoms with Gasteiger partial charge in [-0.15, -0.1) is 0 Å². The van der Waals surface area contributed by atoms with E-state index in [1.165, 1.54) is 4.90 Å². The number of rotatable bonds is 8. The molecule has 0 aliphatic carbocycles. The second-order valence-corrected chi connectivity index (χ2v) is 8.09. The molecule has 1 N–H and O–H groups in total. The fraction of sp³-hybridized carbons (Fsp3) is 0.192. The van der Waals surface area contributed by atoms with Crippen molar-refractivity contribution in [2.75, 3.05) is 24.4 Å². The van der Waals surface area contributed by atoms with Crippen molar-refractivity contribution in [3.05, 3.63) is 84.4 Å². The molecule has 174 valence electrons. The first-order chi connectivity index (χ1) is 16.5. The Balaban J connectivity index is 1.60. The molecule has 1 atom stereocenters. The Bertz CT molecular complexity index is 1180. The Hall–Kier alpha value is -3.91. The van der Waals surface area contributed by atoms with Crippen LogP contribution in [0.4, 0.5) is 11.4 Å². The summed E-state index contributed by atoms with van der Waals surface area (Å²) in [6.07, 6.45) is -0.0521. The van der Waals surface area contributed by atoms with Crippen molar-refractivity contribution in [3.8, 4) is 11.5 Å². The minimum atomic E-state index is -0.754. The number of hydrogen-bond acceptors (Lipinski definition) is 5. The molecule has 0 aromatic heterocycles. The summed E-state index contributed by atoms with van der Waals surface area (Å²) in [5.74, 6) is 0.857. The number of hydrogen-bond donors (Lipinski definition) is 1. The number of carbonyl (C=O) groups is 2. The van der Waals surface area contributed by atoms with E-state index in [0.717, 1.165) is 5.56 Å². The summed E-state index contributed by atoms with van der Waals surface area (Å²) in [5, 5.41) is 3.21. The molecule has 1 saturated heterocycles. The number of methoxy groups -OCH3 is 2. The molecular weight excluding hydrogens is 450 g/mol. The van der Waals surface area contributed by atoms with Crippen LogP contribution in [0.2, 0.25) is 0 Å². The first kappa shape index (κ1) is 23.3. The number of ether oxygens (including phenoxy) is 2. The van der Waals surface area contributed by atoms with Crippen LogP contribution in [-0.2, 0) is 16.1 Å². The van der Waals surface area contributed by atoms with Gasteiger partial charge in [-0.1, -0.05) is 36.4 Å². The maximum atomic E-state index is 13.5. The summed E-state index contributed by atoms with van der Waals surface area (Å²) >= 11 is 5.73. The molecule has 3 aromatic rings. The lowest BCUT2D eigenvalue weighted by atomic mass is 10.1. The van der Waals surface area contributed by atoms with Gasteiger partial charge < -0.3 is 19.7 Å². The molecule has 8 heteroatoms. The molecular formula is C26H25N3O4S. The van der Waals surface area contributed by atoms with Gasteiger partial charge in [-0.2, -0.15) is 0 Å². The summed E-state index contributed by atoms with van der Waals surface area (Å²) < 4.78 is 10.6. The molecule has 0 bridgehead atoms. The summed E-state index contributed by atoms with van der Waals surface area (Å²) in [6.45, 7) is 0.332. The monoisotopic (exact) mass is 475 g/mol. The SMILES string of the molecule is COc1ccc(NC(=O)C[C@H]2C(=O)N(c3ccccc3)C(=S)N2Cc2ccccc2OC)cc1. The van der Waals surface area contributed by atoms with E-state index >= 15 is 0 Å². The Morgan fingerprint density at radius 3 is 2.29 bits per heavy atom. The highest BCUT2D eigenvalue weighted by Gasteiger charge is 2.44. The second kappa shape index (κ2) is 10.4. The zero-order valence-corrected chi connectivity index (χ0v) is 19.7. The fourth-order valence-electron chi connectivity index (χ4n) is 3.91. The molecule has 0 unspecified atom stereocenters. The minimum Gasteiger partial charge on any atom is -0.497 e. The standard InChI is InChI=1S/C26H25N3O4S/c1-32-21-14-12-19(13-15-21)27-24(30)16-22-25(31)29(20-9-4-3-5-10-20)26(34)28(22)17-18-8-6-7-11-23(18)33-2/h3-15,22H,16-17H2,1-2H3,(H,27,30)/t22-/m0/s1. The molecule has 0 saturated carbocycles. The van der Waals surface area contributed by atoms with Gasteiger partial charge >= 0.3 is 0 Å². The van der Waals surface area contributed by atoms with Gasteiger partial charge in [-0.05, 0) is 54.7 Å². The smallest absolute Gasteiger partial charge is 0.256 e. The van der Waals surface area contributed by atoms with Gasteiger partial charge in [0.15, 0.2) is 5.11 Å². The van der Waals surface area contributed by atoms with Gasteiger partial charge in [0.05, 0.1) is 26.3 Å². The molecule has 0 spiro atoms. The fourth-order valence-corrected chi connectivity index (χ4v) is 4.29. The van der Waals surface area contributed by atoms with Gasteiger partial charge in [0.25, 0.3) is 5.91 Å². The van der Waals surface area contributed by atoms with Crippen LogP contribution >= 0.6 is 12.2 Å². The predicted octanol–water partition coefficient (Wildman–Crippen LogP) is 4.23. The number of carbonyl (C=O) groups excluding carboxylic acids is 2. The summed E-state index contributed by atoms with van der Waals surface area (Å²) in [5.41, 5.74) is 2.16. The highest BCUT2D eigenvalue weighted by atomic mass is 32.1. The van der Waals surface area contributed by atoms with Gasteiger partial charge in [-0.25, -0.2) is 0 Å². The zero-order chi connectivity index (χ0) is 24.1. The van der Waals surface area contributed by atoms with Crippen molar-refractivity contribution in [3.63, 3.8) is 0 Å². The first-order valence-electron chi connectivity index (χ1n) is 10.8. The van der Waals surface area contributed by atoms with E-state index in [1.807, 2.05) is 54.6 Å². The van der Waals surface area contributed by atoms with Crippen molar-refractivity contribution < 1.29 is 19.1 Å². The minimum absolute atomic E-state index is 0.0521. The van der Waals surface area contributed by atoms with Gasteiger partial charge in [-0.3, -0.25) is 14.5 Å². The number of para-hydroxylation sites is 2. The van der Waals surface area contributed by atoms with Crippen molar-refractivity contribution in [1.29, 1.82) is 0 Å². The lowest BCUT2D eigenvalue weighted by Gasteiger charge is -2.24. The molecule has 7 nitrogen and oxygen atoms in total. The molecule has 1 aliphatic heterocycles. The lowest BCUT2D eigenvalue weighted by molar-refractivity contribution is -0.124. The Kier molecular flexibility index (Phi) is 7.08. The highest BCUT2D eigenvalue weighted by Crippen LogP contribution is 2.30. The molecule has 3 aromatic carbocycles. The highest BCUT2D eigenvalue weighted by molar-refractivity contribution is 7.80. The average Bonchev–Trinajstić information content (AvgIpc) is 3.09. The molecule has 34 heavy (non-hydrogen) atoms. The summed E-state index contributed by atoms with van der Waals surface area (Å²) in [4.78, 5) is 29.7. The largest absolute Gasteiger partial charge is 0.497 e. The second-order valence-electron chi connectivity index (χ2n) is 7.73. The van der Waals surface area contributed by atoms with Crippen molar-refractivity contribution >= 4 is 40.5 Å². The number of nitrogens with zero attached hydrogens (tertiary/aromatic N) is 2. The quantitative estimate of drug-likeness (QED) is 0.492. The molecule has 2 amide bonds. The normalized spacial score (nSPS) is 15.4. The number of anilines is 2. The van der Waals surface area contributed by atoms with Crippen LogP contribution in [0.15, 0.2) is 78.9 Å². The Morgan fingerprint density at radius 1 is 0.941 bits per heavy atom. The molecule has 0 radical (unpaired) electrons. The van der Waals surface area contributed by atoms with Crippen LogP contribution in [0.1, 0.15) is 12.0 Å². The summed E-state index contributed by atoms with van der Waals surface area (Å²) in [7, 11) is 3.18. The zero-order valence-electron chi connectivity index (χ0n) is 18.9. The van der Waals surface area contributed by atoms with Crippen LogP contribution in [0, 0.1) is 0 Å². The lowest BCUT2D eigenvalue weighted by Crippen LogP contribution is -2.37. The molecule has 1 heterocycles. The van der Waals surface area contributed by atoms with E-state index in [2.05, 4.69) is 5.32 Å². The molecule has 4 rings (SSSR count). The van der Waals surface area contributed by atoms with Crippen molar-refractivity contribution in [2.45, 2.75) is 19.0 Å². The van der Waals surface area contributed by atoms with E-state index in [0.29, 0.717) is 34.5 Å². The number of nitrogens with one attached hydrogen (secondary N) is 1. The van der Waals surface area contributed by atoms with Crippen LogP contribution in [0.5, 0.6) is 11.5 Å². The summed E-state index contributed by atoms with van der Waals surface area (Å²) in [6, 6.07) is 23.0. The van der Waals surface area contributed by atoms with E-state index in [9.17, 15) is 9.59 Å². The van der Waals surface area contributed by atoms with Crippen LogP contribution in [-0.4, -0.2) is 42.1 Å². The first-order valence-corrected chi connectivity index (χ1v) is 11.2. The van der Waals surface area contributed by atoms with E-state index in [1.54, 1.807) is 43.4 Å². The molecule has 1 aliphatic rings. The van der Waals surface area contributed by atoms with Crippen LogP contribution < -0.4 is 19.7 Å². The number of thiocarbonyl (C=S) groups is 1. The maximum Gasteiger partial charge on any atom is 0.256 e. The van der Waals surface area contributed by atoms with Crippen molar-refractivity contribution in [1.82, 2.24) is 4.90 Å². The van der Waals surface area contributed by atoms with Gasteiger partial charge in [0.2, 0.25) is 5.91 Å².